The van der Waals surface area contributed by atoms with Gasteiger partial charge in [0.15, 0.2) is 12.6 Å². The van der Waals surface area contributed by atoms with Crippen molar-refractivity contribution in [3.63, 3.8) is 0 Å². The smallest absolute Gasteiger partial charge is 0.333 e. The van der Waals surface area contributed by atoms with Crippen molar-refractivity contribution in [2.75, 3.05) is 13.7 Å². The lowest BCUT2D eigenvalue weighted by Crippen LogP contribution is -2.54. The number of allylic oxidation sites excluding steroid dienone is 2. The first-order chi connectivity index (χ1) is 18.6. The third kappa shape index (κ3) is 4.67. The molecule has 208 valence electrons. The number of carbonyl (C=O) groups is 2. The number of rotatable bonds is 6. The number of benzene rings is 1. The molecular weight excluding hydrogens is 492 g/mol. The van der Waals surface area contributed by atoms with Crippen LogP contribution in [0.1, 0.15) is 76.8 Å². The topological polar surface area (TPSA) is 97.2 Å². The molecule has 4 aliphatic rings. The Labute approximate surface area is 231 Å². The second kappa shape index (κ2) is 10.5. The lowest BCUT2D eigenvalue weighted by Gasteiger charge is -2.58. The fourth-order valence-corrected chi connectivity index (χ4v) is 8.31. The standard InChI is InChI=1S/C32H40N2O5/c1-5-32(37)18-15-26-24-12-11-22-19-23(13-16-30(22,2)25(24)14-17-31(26,32)3)34-39-20-27(35)33-28(29(36)38-4)21-9-7-6-8-10-21/h1,6-10,19,24-26,28,37H,11-18,20H2,2-4H3,(H,33,35)/b34-23+/t24-,25+,26+,28-,30-,31-,32-/m0/s1. The Morgan fingerprint density at radius 2 is 1.87 bits per heavy atom. The number of hydrogen-bond donors (Lipinski definition) is 2. The molecular formula is C32H40N2O5. The number of ether oxygens (including phenoxy) is 1. The van der Waals surface area contributed by atoms with E-state index in [1.54, 1.807) is 24.3 Å². The maximum Gasteiger partial charge on any atom is 0.333 e. The van der Waals surface area contributed by atoms with Crippen LogP contribution in [0.2, 0.25) is 0 Å². The van der Waals surface area contributed by atoms with Crippen molar-refractivity contribution in [2.45, 2.75) is 76.9 Å². The number of esters is 1. The molecule has 1 aromatic carbocycles. The summed E-state index contributed by atoms with van der Waals surface area (Å²) in [6.07, 6.45) is 15.7. The lowest BCUT2D eigenvalue weighted by atomic mass is 9.46. The van der Waals surface area contributed by atoms with Gasteiger partial charge in [-0.2, -0.15) is 0 Å². The van der Waals surface area contributed by atoms with Gasteiger partial charge in [-0.3, -0.25) is 4.79 Å². The molecule has 0 radical (unpaired) electrons. The third-order valence-electron chi connectivity index (χ3n) is 10.6. The third-order valence-corrected chi connectivity index (χ3v) is 10.6. The SMILES string of the molecule is C#C[C@]1(O)CC[C@@H]2[C@H]3CCC4=C/C(=N/OCC(=O)N[C@H](C(=O)OC)c5ccccc5)CC[C@]4(C)[C@@H]3CC[C@@]21C. The van der Waals surface area contributed by atoms with Crippen molar-refractivity contribution in [3.8, 4) is 12.3 Å². The Bertz CT molecular complexity index is 1220. The first-order valence-electron chi connectivity index (χ1n) is 14.2. The molecule has 4 aliphatic carbocycles. The number of carbonyl (C=O) groups excluding carboxylic acids is 2. The highest BCUT2D eigenvalue weighted by atomic mass is 16.6. The zero-order valence-electron chi connectivity index (χ0n) is 23.2. The van der Waals surface area contributed by atoms with Gasteiger partial charge in [0, 0.05) is 5.41 Å². The normalized spacial score (nSPS) is 36.8. The molecule has 39 heavy (non-hydrogen) atoms. The molecule has 0 spiro atoms. The second-order valence-electron chi connectivity index (χ2n) is 12.3. The second-order valence-corrected chi connectivity index (χ2v) is 12.3. The molecule has 0 aliphatic heterocycles. The van der Waals surface area contributed by atoms with E-state index in [9.17, 15) is 14.7 Å². The van der Waals surface area contributed by atoms with Crippen molar-refractivity contribution >= 4 is 17.6 Å². The van der Waals surface area contributed by atoms with Crippen LogP contribution in [0.4, 0.5) is 0 Å². The van der Waals surface area contributed by atoms with Gasteiger partial charge >= 0.3 is 5.97 Å². The van der Waals surface area contributed by atoms with Crippen LogP contribution in [0.25, 0.3) is 0 Å². The van der Waals surface area contributed by atoms with Crippen molar-refractivity contribution in [1.29, 1.82) is 0 Å². The fraction of sp³-hybridized carbons (Fsp3) is 0.594. The average molecular weight is 533 g/mol. The summed E-state index contributed by atoms with van der Waals surface area (Å²) < 4.78 is 4.86. The van der Waals surface area contributed by atoms with Gasteiger partial charge in [-0.1, -0.05) is 60.8 Å². The molecule has 5 rings (SSSR count). The molecule has 7 atom stereocenters. The Morgan fingerprint density at radius 1 is 1.13 bits per heavy atom. The minimum atomic E-state index is -0.979. The molecule has 2 N–H and O–H groups in total. The Balaban J connectivity index is 1.22. The first kappa shape index (κ1) is 27.5. The Kier molecular flexibility index (Phi) is 7.37. The number of amides is 1. The number of nitrogens with one attached hydrogen (secondary N) is 1. The number of aliphatic hydroxyl groups is 1. The van der Waals surface area contributed by atoms with Crippen LogP contribution in [0, 0.1) is 40.9 Å². The van der Waals surface area contributed by atoms with Gasteiger partial charge in [0.1, 0.15) is 5.60 Å². The van der Waals surface area contributed by atoms with Crippen LogP contribution >= 0.6 is 0 Å². The zero-order valence-corrected chi connectivity index (χ0v) is 23.2. The number of hydrogen-bond acceptors (Lipinski definition) is 6. The largest absolute Gasteiger partial charge is 0.467 e. The molecule has 7 nitrogen and oxygen atoms in total. The summed E-state index contributed by atoms with van der Waals surface area (Å²) in [5, 5.41) is 18.2. The van der Waals surface area contributed by atoms with Gasteiger partial charge in [-0.15, -0.1) is 6.42 Å². The number of terminal acetylenes is 1. The van der Waals surface area contributed by atoms with E-state index >= 15 is 0 Å². The molecule has 0 unspecified atom stereocenters. The fourth-order valence-electron chi connectivity index (χ4n) is 8.31. The van der Waals surface area contributed by atoms with Gasteiger partial charge in [-0.25, -0.2) is 4.79 Å². The number of fused-ring (bicyclic) bond motifs is 5. The van der Waals surface area contributed by atoms with Crippen molar-refractivity contribution < 1.29 is 24.3 Å². The summed E-state index contributed by atoms with van der Waals surface area (Å²) in [7, 11) is 1.29. The molecule has 3 fully saturated rings. The van der Waals surface area contributed by atoms with Crippen LogP contribution < -0.4 is 5.32 Å². The summed E-state index contributed by atoms with van der Waals surface area (Å²) >= 11 is 0. The first-order valence-corrected chi connectivity index (χ1v) is 14.2. The molecule has 0 heterocycles. The Hall–Kier alpha value is -3.11. The van der Waals surface area contributed by atoms with Gasteiger partial charge in [0.05, 0.1) is 12.8 Å². The van der Waals surface area contributed by atoms with Crippen LogP contribution in [0.15, 0.2) is 47.1 Å². The van der Waals surface area contributed by atoms with Crippen LogP contribution in [0.5, 0.6) is 0 Å². The van der Waals surface area contributed by atoms with E-state index in [4.69, 9.17) is 16.0 Å². The predicted molar refractivity (Wildman–Crippen MR) is 148 cm³/mol. The summed E-state index contributed by atoms with van der Waals surface area (Å²) in [6, 6.07) is 8.06. The van der Waals surface area contributed by atoms with Crippen molar-refractivity contribution in [2.24, 2.45) is 33.7 Å². The minimum Gasteiger partial charge on any atom is -0.467 e. The van der Waals surface area contributed by atoms with Crippen LogP contribution in [0.3, 0.4) is 0 Å². The average Bonchev–Trinajstić information content (AvgIpc) is 3.22. The van der Waals surface area contributed by atoms with E-state index in [1.807, 2.05) is 6.07 Å². The highest BCUT2D eigenvalue weighted by Gasteiger charge is 2.63. The lowest BCUT2D eigenvalue weighted by molar-refractivity contribution is -0.145. The van der Waals surface area contributed by atoms with Gasteiger partial charge in [0.2, 0.25) is 0 Å². The molecule has 0 saturated heterocycles. The van der Waals surface area contributed by atoms with E-state index in [0.717, 1.165) is 50.7 Å². The molecule has 0 aromatic heterocycles. The molecule has 0 bridgehead atoms. The zero-order chi connectivity index (χ0) is 27.8. The van der Waals surface area contributed by atoms with Gasteiger partial charge < -0.3 is 20.0 Å². The van der Waals surface area contributed by atoms with E-state index in [-0.39, 0.29) is 17.4 Å². The number of nitrogens with zero attached hydrogens (tertiary/aromatic N) is 1. The van der Waals surface area contributed by atoms with E-state index in [0.29, 0.717) is 29.7 Å². The monoisotopic (exact) mass is 532 g/mol. The van der Waals surface area contributed by atoms with E-state index < -0.39 is 23.5 Å². The highest BCUT2D eigenvalue weighted by Crippen LogP contribution is 2.67. The molecule has 3 saturated carbocycles. The predicted octanol–water partition coefficient (Wildman–Crippen LogP) is 4.72. The van der Waals surface area contributed by atoms with Crippen molar-refractivity contribution in [3.05, 3.63) is 47.5 Å². The summed E-state index contributed by atoms with van der Waals surface area (Å²) in [5.74, 6) is 3.41. The minimum absolute atomic E-state index is 0.112. The van der Waals surface area contributed by atoms with Gasteiger partial charge in [-0.05, 0) is 86.2 Å². The van der Waals surface area contributed by atoms with Crippen LogP contribution in [-0.2, 0) is 19.2 Å². The van der Waals surface area contributed by atoms with E-state index in [2.05, 4.69) is 36.3 Å². The molecule has 1 amide bonds. The number of oxime groups is 1. The molecule has 7 heteroatoms. The van der Waals surface area contributed by atoms with Gasteiger partial charge in [0.25, 0.3) is 5.91 Å². The Morgan fingerprint density at radius 3 is 2.59 bits per heavy atom. The maximum absolute atomic E-state index is 12.6. The quantitative estimate of drug-likeness (QED) is 0.314. The highest BCUT2D eigenvalue weighted by molar-refractivity contribution is 5.96. The van der Waals surface area contributed by atoms with E-state index in [1.165, 1.54) is 12.7 Å². The van der Waals surface area contributed by atoms with Crippen LogP contribution in [-0.4, -0.2) is 42.0 Å². The number of methoxy groups -OCH3 is 1. The maximum atomic E-state index is 12.6. The molecule has 1 aromatic rings. The summed E-state index contributed by atoms with van der Waals surface area (Å²) in [5.41, 5.74) is 1.86. The summed E-state index contributed by atoms with van der Waals surface area (Å²) in [4.78, 5) is 30.2. The van der Waals surface area contributed by atoms with Crippen molar-refractivity contribution in [1.82, 2.24) is 5.32 Å². The summed E-state index contributed by atoms with van der Waals surface area (Å²) in [6.45, 7) is 4.34.